The molecule has 0 saturated carbocycles. The van der Waals surface area contributed by atoms with Crippen LogP contribution in [0.3, 0.4) is 0 Å². The first-order chi connectivity index (χ1) is 10.2. The van der Waals surface area contributed by atoms with Gasteiger partial charge >= 0.3 is 0 Å². The molecule has 0 saturated heterocycles. The number of carbonyl (C=O) groups is 1. The summed E-state index contributed by atoms with van der Waals surface area (Å²) in [5, 5.41) is 8.43. The summed E-state index contributed by atoms with van der Waals surface area (Å²) in [6.45, 7) is 7.00. The van der Waals surface area contributed by atoms with E-state index in [9.17, 15) is 4.79 Å². The first kappa shape index (κ1) is 15.6. The van der Waals surface area contributed by atoms with E-state index in [1.807, 2.05) is 36.6 Å². The van der Waals surface area contributed by atoms with Gasteiger partial charge in [0.05, 0.1) is 6.04 Å². The molecule has 3 nitrogen and oxygen atoms in total. The van der Waals surface area contributed by atoms with Crippen LogP contribution in [0.4, 0.5) is 5.69 Å². The maximum atomic E-state index is 12.5. The third-order valence-corrected chi connectivity index (χ3v) is 4.44. The Morgan fingerprint density at radius 2 is 2.10 bits per heavy atom. The van der Waals surface area contributed by atoms with Gasteiger partial charge < -0.3 is 10.6 Å². The van der Waals surface area contributed by atoms with Crippen LogP contribution < -0.4 is 10.6 Å². The fraction of sp³-hybridized carbons (Fsp3) is 0.353. The monoisotopic (exact) mass is 302 g/mol. The number of nitrogens with one attached hydrogen (secondary N) is 2. The van der Waals surface area contributed by atoms with Crippen LogP contribution in [0.5, 0.6) is 0 Å². The van der Waals surface area contributed by atoms with E-state index in [2.05, 4.69) is 30.5 Å². The van der Waals surface area contributed by atoms with Crippen molar-refractivity contribution in [1.82, 2.24) is 5.32 Å². The predicted molar refractivity (Wildman–Crippen MR) is 90.2 cm³/mol. The van der Waals surface area contributed by atoms with Crippen molar-refractivity contribution in [1.29, 1.82) is 0 Å². The van der Waals surface area contributed by atoms with Crippen LogP contribution >= 0.6 is 11.3 Å². The number of hydrogen-bond acceptors (Lipinski definition) is 3. The SMILES string of the molecule is CCNc1ccc(C(=O)NC(CC)c2cccs2)c(C)c1. The van der Waals surface area contributed by atoms with Crippen molar-refractivity contribution in [3.63, 3.8) is 0 Å². The molecule has 1 heterocycles. The minimum atomic E-state index is -0.00389. The standard InChI is InChI=1S/C17H22N2OS/c1-4-15(16-7-6-10-21-16)19-17(20)14-9-8-13(18-5-2)11-12(14)3/h6-11,15,18H,4-5H2,1-3H3,(H,19,20). The molecule has 0 aliphatic rings. The molecule has 1 aromatic carbocycles. The Bertz CT molecular complexity index is 593. The maximum absolute atomic E-state index is 12.5. The van der Waals surface area contributed by atoms with Gasteiger partial charge in [-0.15, -0.1) is 11.3 Å². The van der Waals surface area contributed by atoms with Gasteiger partial charge in [-0.2, -0.15) is 0 Å². The van der Waals surface area contributed by atoms with Gasteiger partial charge in [0, 0.05) is 22.7 Å². The fourth-order valence-corrected chi connectivity index (χ4v) is 3.19. The van der Waals surface area contributed by atoms with Crippen molar-refractivity contribution in [2.24, 2.45) is 0 Å². The second-order valence-corrected chi connectivity index (χ2v) is 5.99. The van der Waals surface area contributed by atoms with Gasteiger partial charge in [0.25, 0.3) is 5.91 Å². The molecule has 1 amide bonds. The van der Waals surface area contributed by atoms with Crippen LogP contribution in [0.15, 0.2) is 35.7 Å². The molecule has 1 unspecified atom stereocenters. The van der Waals surface area contributed by atoms with E-state index in [0.717, 1.165) is 29.8 Å². The van der Waals surface area contributed by atoms with Crippen molar-refractivity contribution in [2.45, 2.75) is 33.2 Å². The third-order valence-electron chi connectivity index (χ3n) is 3.45. The van der Waals surface area contributed by atoms with E-state index in [1.54, 1.807) is 11.3 Å². The number of carbonyl (C=O) groups excluding carboxylic acids is 1. The normalized spacial score (nSPS) is 12.0. The average Bonchev–Trinajstić information content (AvgIpc) is 2.99. The van der Waals surface area contributed by atoms with Crippen LogP contribution in [0, 0.1) is 6.92 Å². The fourth-order valence-electron chi connectivity index (χ4n) is 2.33. The Labute approximate surface area is 130 Å². The summed E-state index contributed by atoms with van der Waals surface area (Å²) in [5.74, 6) is -0.00389. The summed E-state index contributed by atoms with van der Waals surface area (Å²) in [4.78, 5) is 13.7. The smallest absolute Gasteiger partial charge is 0.252 e. The van der Waals surface area contributed by atoms with Crippen LogP contribution in [-0.4, -0.2) is 12.5 Å². The van der Waals surface area contributed by atoms with Crippen LogP contribution in [0.1, 0.15) is 47.1 Å². The summed E-state index contributed by atoms with van der Waals surface area (Å²) in [6.07, 6.45) is 0.890. The molecule has 4 heteroatoms. The molecule has 0 spiro atoms. The Balaban J connectivity index is 2.12. The van der Waals surface area contributed by atoms with Gasteiger partial charge in [-0.3, -0.25) is 4.79 Å². The summed E-state index contributed by atoms with van der Waals surface area (Å²) in [7, 11) is 0. The average molecular weight is 302 g/mol. The molecule has 2 N–H and O–H groups in total. The molecular formula is C17H22N2OS. The van der Waals surface area contributed by atoms with Gasteiger partial charge in [-0.05, 0) is 55.5 Å². The zero-order valence-corrected chi connectivity index (χ0v) is 13.6. The molecule has 2 rings (SSSR count). The van der Waals surface area contributed by atoms with Gasteiger partial charge in [-0.25, -0.2) is 0 Å². The Kier molecular flexibility index (Phi) is 5.39. The Morgan fingerprint density at radius 3 is 2.67 bits per heavy atom. The predicted octanol–water partition coefficient (Wildman–Crippen LogP) is 4.37. The van der Waals surface area contributed by atoms with Crippen molar-refractivity contribution in [2.75, 3.05) is 11.9 Å². The summed E-state index contributed by atoms with van der Waals surface area (Å²) in [5.41, 5.74) is 2.79. The molecule has 0 radical (unpaired) electrons. The maximum Gasteiger partial charge on any atom is 0.252 e. The summed E-state index contributed by atoms with van der Waals surface area (Å²) in [6, 6.07) is 10.0. The van der Waals surface area contributed by atoms with Gasteiger partial charge in [0.2, 0.25) is 0 Å². The largest absolute Gasteiger partial charge is 0.385 e. The minimum Gasteiger partial charge on any atom is -0.385 e. The van der Waals surface area contributed by atoms with Crippen molar-refractivity contribution < 1.29 is 4.79 Å². The van der Waals surface area contributed by atoms with E-state index in [-0.39, 0.29) is 11.9 Å². The van der Waals surface area contributed by atoms with E-state index >= 15 is 0 Å². The van der Waals surface area contributed by atoms with E-state index < -0.39 is 0 Å². The number of anilines is 1. The van der Waals surface area contributed by atoms with Gasteiger partial charge in [0.1, 0.15) is 0 Å². The topological polar surface area (TPSA) is 41.1 Å². The highest BCUT2D eigenvalue weighted by Gasteiger charge is 2.16. The number of benzene rings is 1. The number of rotatable bonds is 6. The second kappa shape index (κ2) is 7.27. The zero-order chi connectivity index (χ0) is 15.2. The molecule has 112 valence electrons. The quantitative estimate of drug-likeness (QED) is 0.832. The molecule has 0 aliphatic carbocycles. The van der Waals surface area contributed by atoms with E-state index in [0.29, 0.717) is 0 Å². The van der Waals surface area contributed by atoms with Gasteiger partial charge in [0.15, 0.2) is 0 Å². The van der Waals surface area contributed by atoms with Crippen LogP contribution in [0.2, 0.25) is 0 Å². The highest BCUT2D eigenvalue weighted by molar-refractivity contribution is 7.10. The number of amides is 1. The number of thiophene rings is 1. The minimum absolute atomic E-state index is 0.00389. The molecular weight excluding hydrogens is 280 g/mol. The van der Waals surface area contributed by atoms with E-state index in [1.165, 1.54) is 4.88 Å². The van der Waals surface area contributed by atoms with Gasteiger partial charge in [-0.1, -0.05) is 13.0 Å². The summed E-state index contributed by atoms with van der Waals surface area (Å²) < 4.78 is 0. The molecule has 0 aliphatic heterocycles. The third kappa shape index (κ3) is 3.85. The second-order valence-electron chi connectivity index (χ2n) is 5.01. The zero-order valence-electron chi connectivity index (χ0n) is 12.8. The molecule has 1 atom stereocenters. The number of aryl methyl sites for hydroxylation is 1. The highest BCUT2D eigenvalue weighted by Crippen LogP contribution is 2.23. The molecule has 1 aromatic heterocycles. The molecule has 21 heavy (non-hydrogen) atoms. The molecule has 0 fully saturated rings. The molecule has 0 bridgehead atoms. The Morgan fingerprint density at radius 1 is 1.29 bits per heavy atom. The lowest BCUT2D eigenvalue weighted by Crippen LogP contribution is -2.28. The first-order valence-corrected chi connectivity index (χ1v) is 8.22. The van der Waals surface area contributed by atoms with Crippen LogP contribution in [0.25, 0.3) is 0 Å². The lowest BCUT2D eigenvalue weighted by Gasteiger charge is -2.17. The molecule has 2 aromatic rings. The van der Waals surface area contributed by atoms with E-state index in [4.69, 9.17) is 0 Å². The highest BCUT2D eigenvalue weighted by atomic mass is 32.1. The number of hydrogen-bond donors (Lipinski definition) is 2. The lowest BCUT2D eigenvalue weighted by molar-refractivity contribution is 0.0935. The summed E-state index contributed by atoms with van der Waals surface area (Å²) >= 11 is 1.68. The van der Waals surface area contributed by atoms with Crippen molar-refractivity contribution in [3.8, 4) is 0 Å². The van der Waals surface area contributed by atoms with Crippen molar-refractivity contribution >= 4 is 22.9 Å². The lowest BCUT2D eigenvalue weighted by atomic mass is 10.1. The first-order valence-electron chi connectivity index (χ1n) is 7.34. The Hall–Kier alpha value is -1.81. The van der Waals surface area contributed by atoms with Crippen LogP contribution in [-0.2, 0) is 0 Å². The van der Waals surface area contributed by atoms with Crippen molar-refractivity contribution in [3.05, 3.63) is 51.7 Å².